The summed E-state index contributed by atoms with van der Waals surface area (Å²) >= 11 is 0. The fourth-order valence-corrected chi connectivity index (χ4v) is 3.46. The van der Waals surface area contributed by atoms with Gasteiger partial charge in [0, 0.05) is 5.92 Å². The minimum absolute atomic E-state index is 0.0107. The van der Waals surface area contributed by atoms with Crippen molar-refractivity contribution < 1.29 is 14.3 Å². The molecule has 2 saturated heterocycles. The highest BCUT2D eigenvalue weighted by Crippen LogP contribution is 2.50. The van der Waals surface area contributed by atoms with Crippen LogP contribution in [0, 0.1) is 11.8 Å². The van der Waals surface area contributed by atoms with Crippen LogP contribution in [0.15, 0.2) is 11.6 Å². The molecule has 0 spiro atoms. The predicted molar refractivity (Wildman–Crippen MR) is 68.0 cm³/mol. The molecule has 3 nitrogen and oxygen atoms in total. The Balaban J connectivity index is 1.85. The Bertz CT molecular complexity index is 401. The first kappa shape index (κ1) is 12.2. The summed E-state index contributed by atoms with van der Waals surface area (Å²) in [6.45, 7) is 6.33. The third-order valence-electron chi connectivity index (χ3n) is 4.93. The maximum Gasteiger partial charge on any atom is 0.309 e. The molecule has 5 unspecified atom stereocenters. The molecule has 2 aliphatic heterocycles. The predicted octanol–water partition coefficient (Wildman–Crippen LogP) is 2.84. The normalized spacial score (nSPS) is 50.6. The van der Waals surface area contributed by atoms with Crippen LogP contribution in [0.3, 0.4) is 0 Å². The van der Waals surface area contributed by atoms with Crippen LogP contribution in [-0.4, -0.2) is 23.8 Å². The minimum Gasteiger partial charge on any atom is -0.459 e. The van der Waals surface area contributed by atoms with Gasteiger partial charge in [-0.25, -0.2) is 0 Å². The molecule has 0 aromatic rings. The van der Waals surface area contributed by atoms with E-state index in [2.05, 4.69) is 19.9 Å². The van der Waals surface area contributed by atoms with Crippen LogP contribution in [0.2, 0.25) is 0 Å². The van der Waals surface area contributed by atoms with Crippen molar-refractivity contribution in [2.24, 2.45) is 11.8 Å². The second kappa shape index (κ2) is 4.09. The van der Waals surface area contributed by atoms with Crippen molar-refractivity contribution in [3.8, 4) is 0 Å². The van der Waals surface area contributed by atoms with E-state index in [4.69, 9.17) is 9.47 Å². The number of fused-ring (bicyclic) bond motifs is 3. The maximum absolute atomic E-state index is 11.8. The topological polar surface area (TPSA) is 38.8 Å². The van der Waals surface area contributed by atoms with Crippen LogP contribution >= 0.6 is 0 Å². The van der Waals surface area contributed by atoms with E-state index >= 15 is 0 Å². The number of ether oxygens (including phenoxy) is 2. The van der Waals surface area contributed by atoms with Gasteiger partial charge in [0.1, 0.15) is 12.2 Å². The monoisotopic (exact) mass is 250 g/mol. The molecule has 18 heavy (non-hydrogen) atoms. The van der Waals surface area contributed by atoms with Gasteiger partial charge in [-0.1, -0.05) is 18.6 Å². The number of rotatable bonds is 0. The Labute approximate surface area is 109 Å². The van der Waals surface area contributed by atoms with Crippen molar-refractivity contribution in [3.05, 3.63) is 11.6 Å². The average Bonchev–Trinajstić information content (AvgIpc) is 2.90. The number of carbonyl (C=O) groups excluding carboxylic acids is 1. The first-order valence-corrected chi connectivity index (χ1v) is 7.05. The Morgan fingerprint density at radius 3 is 3.00 bits per heavy atom. The molecule has 5 atom stereocenters. The molecule has 0 amide bonds. The lowest BCUT2D eigenvalue weighted by molar-refractivity contribution is -0.144. The van der Waals surface area contributed by atoms with E-state index in [1.165, 1.54) is 5.57 Å². The largest absolute Gasteiger partial charge is 0.459 e. The first-order chi connectivity index (χ1) is 8.51. The average molecular weight is 250 g/mol. The highest BCUT2D eigenvalue weighted by Gasteiger charge is 2.61. The molecule has 1 aliphatic carbocycles. The van der Waals surface area contributed by atoms with Crippen LogP contribution < -0.4 is 0 Å². The van der Waals surface area contributed by atoms with Crippen molar-refractivity contribution in [1.82, 2.24) is 0 Å². The Hall–Kier alpha value is -0.830. The van der Waals surface area contributed by atoms with Gasteiger partial charge in [0.05, 0.1) is 11.5 Å². The van der Waals surface area contributed by atoms with Crippen LogP contribution in [0.4, 0.5) is 0 Å². The van der Waals surface area contributed by atoms with Crippen LogP contribution in [-0.2, 0) is 14.3 Å². The molecule has 0 bridgehead atoms. The smallest absolute Gasteiger partial charge is 0.309 e. The molecule has 0 aromatic heterocycles. The SMILES string of the molecule is C/C1=C\CCC2(C)OC2C2OC(=O)C(C)C2CC1. The highest BCUT2D eigenvalue weighted by atomic mass is 16.6. The van der Waals surface area contributed by atoms with Crippen molar-refractivity contribution in [2.45, 2.75) is 64.3 Å². The van der Waals surface area contributed by atoms with E-state index in [0.29, 0.717) is 5.92 Å². The summed E-state index contributed by atoms with van der Waals surface area (Å²) < 4.78 is 11.5. The summed E-state index contributed by atoms with van der Waals surface area (Å²) in [5, 5.41) is 0. The summed E-state index contributed by atoms with van der Waals surface area (Å²) in [5.74, 6) is 0.310. The number of epoxide rings is 1. The zero-order valence-electron chi connectivity index (χ0n) is 11.4. The van der Waals surface area contributed by atoms with Gasteiger partial charge in [-0.2, -0.15) is 0 Å². The molecule has 0 N–H and O–H groups in total. The van der Waals surface area contributed by atoms with E-state index in [9.17, 15) is 4.79 Å². The molecule has 0 aromatic carbocycles. The van der Waals surface area contributed by atoms with Gasteiger partial charge in [0.25, 0.3) is 0 Å². The standard InChI is InChI=1S/C15H22O3/c1-9-5-4-8-15(3)13(18-15)12-11(7-6-9)10(2)14(16)17-12/h5,10-13H,4,6-8H2,1-3H3/b9-5+. The number of esters is 1. The summed E-state index contributed by atoms with van der Waals surface area (Å²) in [4.78, 5) is 11.8. The van der Waals surface area contributed by atoms with Gasteiger partial charge in [0.15, 0.2) is 0 Å². The molecule has 3 aliphatic rings. The molecule has 2 fully saturated rings. The lowest BCUT2D eigenvalue weighted by Gasteiger charge is -2.20. The van der Waals surface area contributed by atoms with E-state index in [1.807, 2.05) is 6.92 Å². The van der Waals surface area contributed by atoms with Gasteiger partial charge in [-0.15, -0.1) is 0 Å². The van der Waals surface area contributed by atoms with Crippen LogP contribution in [0.1, 0.15) is 46.5 Å². The molecular formula is C15H22O3. The van der Waals surface area contributed by atoms with Crippen molar-refractivity contribution >= 4 is 5.97 Å². The van der Waals surface area contributed by atoms with Gasteiger partial charge in [0.2, 0.25) is 0 Å². The van der Waals surface area contributed by atoms with E-state index in [-0.39, 0.29) is 29.7 Å². The fourth-order valence-electron chi connectivity index (χ4n) is 3.46. The first-order valence-electron chi connectivity index (χ1n) is 7.05. The zero-order chi connectivity index (χ0) is 12.9. The number of allylic oxidation sites excluding steroid dienone is 2. The lowest BCUT2D eigenvalue weighted by Crippen LogP contribution is -2.29. The quantitative estimate of drug-likeness (QED) is 0.377. The second-order valence-electron chi connectivity index (χ2n) is 6.33. The fraction of sp³-hybridized carbons (Fsp3) is 0.800. The molecule has 0 saturated carbocycles. The van der Waals surface area contributed by atoms with Crippen LogP contribution in [0.25, 0.3) is 0 Å². The third-order valence-corrected chi connectivity index (χ3v) is 4.93. The lowest BCUT2D eigenvalue weighted by atomic mass is 9.81. The summed E-state index contributed by atoms with van der Waals surface area (Å²) in [6.07, 6.45) is 6.66. The second-order valence-corrected chi connectivity index (χ2v) is 6.33. The van der Waals surface area contributed by atoms with Crippen LogP contribution in [0.5, 0.6) is 0 Å². The Morgan fingerprint density at radius 2 is 2.22 bits per heavy atom. The summed E-state index contributed by atoms with van der Waals surface area (Å²) in [7, 11) is 0. The van der Waals surface area contributed by atoms with E-state index in [1.54, 1.807) is 0 Å². The van der Waals surface area contributed by atoms with Gasteiger partial charge in [-0.3, -0.25) is 4.79 Å². The van der Waals surface area contributed by atoms with Crippen molar-refractivity contribution in [2.75, 3.05) is 0 Å². The summed E-state index contributed by atoms with van der Waals surface area (Å²) in [6, 6.07) is 0. The highest BCUT2D eigenvalue weighted by molar-refractivity contribution is 5.75. The minimum atomic E-state index is -0.0681. The maximum atomic E-state index is 11.8. The molecule has 3 heteroatoms. The van der Waals surface area contributed by atoms with Crippen molar-refractivity contribution in [3.63, 3.8) is 0 Å². The number of hydrogen-bond donors (Lipinski definition) is 0. The molecule has 0 radical (unpaired) electrons. The molecular weight excluding hydrogens is 228 g/mol. The van der Waals surface area contributed by atoms with E-state index < -0.39 is 0 Å². The molecule has 3 rings (SSSR count). The number of carbonyl (C=O) groups is 1. The van der Waals surface area contributed by atoms with Crippen molar-refractivity contribution in [1.29, 1.82) is 0 Å². The summed E-state index contributed by atoms with van der Waals surface area (Å²) in [5.41, 5.74) is 1.37. The van der Waals surface area contributed by atoms with E-state index in [0.717, 1.165) is 25.7 Å². The molecule has 2 heterocycles. The van der Waals surface area contributed by atoms with Gasteiger partial charge >= 0.3 is 5.97 Å². The third kappa shape index (κ3) is 1.89. The number of hydrogen-bond acceptors (Lipinski definition) is 3. The molecule has 100 valence electrons. The Kier molecular flexibility index (Phi) is 2.77. The Morgan fingerprint density at radius 1 is 1.44 bits per heavy atom. The van der Waals surface area contributed by atoms with Gasteiger partial charge < -0.3 is 9.47 Å². The zero-order valence-corrected chi connectivity index (χ0v) is 11.4. The van der Waals surface area contributed by atoms with Gasteiger partial charge in [-0.05, 0) is 39.5 Å².